The van der Waals surface area contributed by atoms with E-state index in [1.54, 1.807) is 6.21 Å². The molecule has 0 saturated carbocycles. The predicted molar refractivity (Wildman–Crippen MR) is 123 cm³/mol. The summed E-state index contributed by atoms with van der Waals surface area (Å²) < 4.78 is 1.02. The molecular weight excluding hydrogens is 424 g/mol. The summed E-state index contributed by atoms with van der Waals surface area (Å²) in [5.41, 5.74) is 7.42. The minimum atomic E-state index is -0.233. The predicted octanol–water partition coefficient (Wildman–Crippen LogP) is 6.34. The van der Waals surface area contributed by atoms with Crippen LogP contribution in [0.1, 0.15) is 21.5 Å². The highest BCUT2D eigenvalue weighted by Gasteiger charge is 2.12. The highest BCUT2D eigenvalue weighted by atomic mass is 79.9. The molecule has 1 amide bonds. The Morgan fingerprint density at radius 1 is 0.897 bits per heavy atom. The first-order chi connectivity index (χ1) is 14.1. The first-order valence-corrected chi connectivity index (χ1v) is 10.1. The summed E-state index contributed by atoms with van der Waals surface area (Å²) in [7, 11) is 0. The van der Waals surface area contributed by atoms with E-state index in [-0.39, 0.29) is 5.91 Å². The van der Waals surface area contributed by atoms with Crippen LogP contribution in [0.25, 0.3) is 21.9 Å². The molecule has 29 heavy (non-hydrogen) atoms. The molecule has 4 aromatic carbocycles. The van der Waals surface area contributed by atoms with Crippen molar-refractivity contribution in [2.75, 3.05) is 0 Å². The molecule has 142 valence electrons. The van der Waals surface area contributed by atoms with Crippen LogP contribution >= 0.6 is 15.9 Å². The number of hydrazone groups is 1. The average molecular weight is 443 g/mol. The topological polar surface area (TPSA) is 41.5 Å². The van der Waals surface area contributed by atoms with Gasteiger partial charge in [-0.05, 0) is 58.7 Å². The fraction of sp³-hybridized carbons (Fsp3) is 0.0400. The molecule has 4 rings (SSSR count). The maximum absolute atomic E-state index is 12.9. The van der Waals surface area contributed by atoms with Gasteiger partial charge in [0, 0.05) is 10.0 Å². The largest absolute Gasteiger partial charge is 0.272 e. The van der Waals surface area contributed by atoms with Gasteiger partial charge >= 0.3 is 0 Å². The lowest BCUT2D eigenvalue weighted by atomic mass is 9.96. The second-order valence-corrected chi connectivity index (χ2v) is 7.78. The van der Waals surface area contributed by atoms with Crippen molar-refractivity contribution in [1.29, 1.82) is 0 Å². The van der Waals surface area contributed by atoms with Crippen molar-refractivity contribution >= 4 is 38.8 Å². The number of nitrogens with zero attached hydrogens (tertiary/aromatic N) is 1. The van der Waals surface area contributed by atoms with Gasteiger partial charge in [-0.2, -0.15) is 5.10 Å². The highest BCUT2D eigenvalue weighted by molar-refractivity contribution is 9.10. The van der Waals surface area contributed by atoms with E-state index in [1.807, 2.05) is 85.8 Å². The summed E-state index contributed by atoms with van der Waals surface area (Å²) in [5.74, 6) is -0.233. The summed E-state index contributed by atoms with van der Waals surface area (Å²) in [4.78, 5) is 12.9. The van der Waals surface area contributed by atoms with E-state index in [2.05, 4.69) is 32.5 Å². The maximum atomic E-state index is 12.9. The van der Waals surface area contributed by atoms with E-state index < -0.39 is 0 Å². The van der Waals surface area contributed by atoms with Crippen molar-refractivity contribution in [2.45, 2.75) is 6.92 Å². The van der Waals surface area contributed by atoms with Crippen LogP contribution in [0.15, 0.2) is 94.5 Å². The molecule has 0 unspecified atom stereocenters. The zero-order valence-corrected chi connectivity index (χ0v) is 17.5. The number of carbonyl (C=O) groups excluding carboxylic acids is 1. The normalized spacial score (nSPS) is 11.1. The van der Waals surface area contributed by atoms with Crippen molar-refractivity contribution in [3.05, 3.63) is 106 Å². The summed E-state index contributed by atoms with van der Waals surface area (Å²) in [5, 5.41) is 6.05. The van der Waals surface area contributed by atoms with E-state index in [0.29, 0.717) is 5.56 Å². The lowest BCUT2D eigenvalue weighted by Gasteiger charge is -2.10. The smallest absolute Gasteiger partial charge is 0.267 e. The number of nitrogens with one attached hydrogen (secondary N) is 1. The first-order valence-electron chi connectivity index (χ1n) is 9.29. The van der Waals surface area contributed by atoms with Crippen LogP contribution in [-0.4, -0.2) is 12.1 Å². The van der Waals surface area contributed by atoms with Gasteiger partial charge in [-0.1, -0.05) is 82.2 Å². The molecule has 3 nitrogen and oxygen atoms in total. The molecule has 0 aliphatic rings. The average Bonchev–Trinajstić information content (AvgIpc) is 2.75. The Morgan fingerprint density at radius 2 is 1.62 bits per heavy atom. The van der Waals surface area contributed by atoms with Gasteiger partial charge in [0.15, 0.2) is 0 Å². The Morgan fingerprint density at radius 3 is 2.38 bits per heavy atom. The lowest BCUT2D eigenvalue weighted by Crippen LogP contribution is -2.18. The van der Waals surface area contributed by atoms with Gasteiger partial charge in [-0.3, -0.25) is 4.79 Å². The summed E-state index contributed by atoms with van der Waals surface area (Å²) in [6.07, 6.45) is 1.65. The van der Waals surface area contributed by atoms with Gasteiger partial charge in [-0.25, -0.2) is 5.43 Å². The number of halogens is 1. The number of hydrogen-bond acceptors (Lipinski definition) is 2. The molecule has 4 heteroatoms. The SMILES string of the molecule is Cc1ccc(/C=N/NC(=O)c2cc(-c3ccc(Br)cc3)cc3ccccc23)cc1. The molecule has 0 saturated heterocycles. The van der Waals surface area contributed by atoms with Crippen molar-refractivity contribution in [3.8, 4) is 11.1 Å². The molecule has 0 fully saturated rings. The summed E-state index contributed by atoms with van der Waals surface area (Å²) in [6, 6.07) is 27.9. The maximum Gasteiger partial charge on any atom is 0.272 e. The molecule has 0 atom stereocenters. The zero-order valence-electron chi connectivity index (χ0n) is 15.9. The van der Waals surface area contributed by atoms with Crippen molar-refractivity contribution in [3.63, 3.8) is 0 Å². The van der Waals surface area contributed by atoms with Crippen LogP contribution in [0.4, 0.5) is 0 Å². The second kappa shape index (κ2) is 8.41. The molecular formula is C25H19BrN2O. The number of benzene rings is 4. The molecule has 0 heterocycles. The van der Waals surface area contributed by atoms with Gasteiger partial charge in [-0.15, -0.1) is 0 Å². The molecule has 0 aromatic heterocycles. The van der Waals surface area contributed by atoms with Crippen LogP contribution in [0.3, 0.4) is 0 Å². The quantitative estimate of drug-likeness (QED) is 0.290. The van der Waals surface area contributed by atoms with E-state index >= 15 is 0 Å². The first kappa shape index (κ1) is 19.1. The molecule has 4 aromatic rings. The Balaban J connectivity index is 1.67. The molecule has 0 aliphatic carbocycles. The number of aryl methyl sites for hydroxylation is 1. The Hall–Kier alpha value is -3.24. The van der Waals surface area contributed by atoms with E-state index in [1.165, 1.54) is 5.56 Å². The number of fused-ring (bicyclic) bond motifs is 1. The number of amides is 1. The van der Waals surface area contributed by atoms with Crippen LogP contribution < -0.4 is 5.43 Å². The lowest BCUT2D eigenvalue weighted by molar-refractivity contribution is 0.0957. The van der Waals surface area contributed by atoms with E-state index in [4.69, 9.17) is 0 Å². The second-order valence-electron chi connectivity index (χ2n) is 6.86. The van der Waals surface area contributed by atoms with Gasteiger partial charge in [0.1, 0.15) is 0 Å². The Kier molecular flexibility index (Phi) is 5.54. The molecule has 0 radical (unpaired) electrons. The highest BCUT2D eigenvalue weighted by Crippen LogP contribution is 2.28. The number of hydrogen-bond donors (Lipinski definition) is 1. The summed E-state index contributed by atoms with van der Waals surface area (Å²) in [6.45, 7) is 2.03. The van der Waals surface area contributed by atoms with Crippen LogP contribution in [0, 0.1) is 6.92 Å². The third-order valence-corrected chi connectivity index (χ3v) is 5.27. The van der Waals surface area contributed by atoms with Gasteiger partial charge in [0.25, 0.3) is 5.91 Å². The molecule has 1 N–H and O–H groups in total. The van der Waals surface area contributed by atoms with E-state index in [0.717, 1.165) is 31.9 Å². The fourth-order valence-electron chi connectivity index (χ4n) is 3.19. The van der Waals surface area contributed by atoms with Crippen molar-refractivity contribution < 1.29 is 4.79 Å². The monoisotopic (exact) mass is 442 g/mol. The standard InChI is InChI=1S/C25H19BrN2O/c1-17-6-8-18(9-7-17)16-27-28-25(29)24-15-21(19-10-12-22(26)13-11-19)14-20-4-2-3-5-23(20)24/h2-16H,1H3,(H,28,29)/b27-16+. The van der Waals surface area contributed by atoms with E-state index in [9.17, 15) is 4.79 Å². The summed E-state index contributed by atoms with van der Waals surface area (Å²) >= 11 is 3.47. The minimum absolute atomic E-state index is 0.233. The number of rotatable bonds is 4. The molecule has 0 aliphatic heterocycles. The fourth-order valence-corrected chi connectivity index (χ4v) is 3.45. The van der Waals surface area contributed by atoms with Crippen LogP contribution in [0.2, 0.25) is 0 Å². The molecule has 0 spiro atoms. The Bertz CT molecular complexity index is 1200. The molecule has 0 bridgehead atoms. The van der Waals surface area contributed by atoms with Crippen molar-refractivity contribution in [2.24, 2.45) is 5.10 Å². The number of carbonyl (C=O) groups is 1. The Labute approximate surface area is 178 Å². The third kappa shape index (κ3) is 4.44. The zero-order chi connectivity index (χ0) is 20.2. The van der Waals surface area contributed by atoms with Crippen molar-refractivity contribution in [1.82, 2.24) is 5.43 Å². The van der Waals surface area contributed by atoms with Crippen LogP contribution in [0.5, 0.6) is 0 Å². The third-order valence-electron chi connectivity index (χ3n) is 4.74. The van der Waals surface area contributed by atoms with Gasteiger partial charge in [0.2, 0.25) is 0 Å². The minimum Gasteiger partial charge on any atom is -0.267 e. The van der Waals surface area contributed by atoms with Gasteiger partial charge in [0.05, 0.1) is 6.21 Å². The van der Waals surface area contributed by atoms with Crippen LogP contribution in [-0.2, 0) is 0 Å². The van der Waals surface area contributed by atoms with Gasteiger partial charge < -0.3 is 0 Å².